The van der Waals surface area contributed by atoms with Gasteiger partial charge >= 0.3 is 7.60 Å². The van der Waals surface area contributed by atoms with Crippen LogP contribution < -0.4 is 5.73 Å². The van der Waals surface area contributed by atoms with Gasteiger partial charge in [-0.15, -0.1) is 0 Å². The van der Waals surface area contributed by atoms with E-state index in [2.05, 4.69) is 0 Å². The lowest BCUT2D eigenvalue weighted by atomic mass is 9.89. The molecule has 0 fully saturated rings. The molecule has 0 aromatic heterocycles. The molecule has 1 rings (SSSR count). The Bertz CT molecular complexity index is 444. The highest BCUT2D eigenvalue weighted by Crippen LogP contribution is 2.48. The fourth-order valence-electron chi connectivity index (χ4n) is 1.69. The molecule has 0 spiro atoms. The quantitative estimate of drug-likeness (QED) is 0.173. The molecule has 0 aliphatic carbocycles. The van der Waals surface area contributed by atoms with Crippen LogP contribution >= 0.6 is 7.60 Å². The van der Waals surface area contributed by atoms with Crippen LogP contribution in [0.15, 0.2) is 11.6 Å². The van der Waals surface area contributed by atoms with E-state index < -0.39 is 50.0 Å². The van der Waals surface area contributed by atoms with Crippen molar-refractivity contribution in [3.8, 4) is 0 Å². The molecular formula is C10H19N2O8P. The maximum absolute atomic E-state index is 11.1. The maximum atomic E-state index is 11.1. The summed E-state index contributed by atoms with van der Waals surface area (Å²) in [6.07, 6.45) is -2.22. The van der Waals surface area contributed by atoms with E-state index in [0.717, 1.165) is 12.2 Å². The van der Waals surface area contributed by atoms with Gasteiger partial charge in [0.25, 0.3) is 0 Å². The first-order chi connectivity index (χ1) is 9.59. The van der Waals surface area contributed by atoms with Crippen LogP contribution in [0.5, 0.6) is 0 Å². The molecule has 122 valence electrons. The van der Waals surface area contributed by atoms with Crippen molar-refractivity contribution in [1.29, 1.82) is 5.41 Å². The minimum Gasteiger partial charge on any atom is -0.479 e. The first-order valence-corrected chi connectivity index (χ1v) is 7.42. The Morgan fingerprint density at radius 3 is 2.38 bits per heavy atom. The Labute approximate surface area is 120 Å². The van der Waals surface area contributed by atoms with Crippen LogP contribution in [0.2, 0.25) is 0 Å². The number of aliphatic hydroxyl groups is 3. The van der Waals surface area contributed by atoms with Gasteiger partial charge in [-0.05, 0) is 6.08 Å². The average Bonchev–Trinajstić information content (AvgIpc) is 2.39. The summed E-state index contributed by atoms with van der Waals surface area (Å²) in [5.41, 5.74) is 5.06. The topological polar surface area (TPSA) is 194 Å². The Kier molecular flexibility index (Phi) is 7.94. The number of nitrogens with two attached hydrogens (primary N) is 1. The smallest absolute Gasteiger partial charge is 0.390 e. The van der Waals surface area contributed by atoms with E-state index >= 15 is 0 Å². The van der Waals surface area contributed by atoms with Gasteiger partial charge in [0.05, 0.1) is 6.61 Å². The molecule has 0 amide bonds. The number of rotatable bonds is 4. The predicted octanol–water partition coefficient (Wildman–Crippen LogP) is -2.02. The summed E-state index contributed by atoms with van der Waals surface area (Å²) < 4.78 is 16.1. The van der Waals surface area contributed by atoms with Gasteiger partial charge in [0.2, 0.25) is 11.6 Å². The van der Waals surface area contributed by atoms with Crippen LogP contribution in [0, 0.1) is 11.3 Å². The zero-order valence-electron chi connectivity index (χ0n) is 11.2. The van der Waals surface area contributed by atoms with Crippen molar-refractivity contribution >= 4 is 13.7 Å². The van der Waals surface area contributed by atoms with Crippen molar-refractivity contribution in [2.75, 3.05) is 6.61 Å². The van der Waals surface area contributed by atoms with Crippen LogP contribution in [0.1, 0.15) is 6.92 Å². The van der Waals surface area contributed by atoms with E-state index in [1.165, 1.54) is 0 Å². The zero-order chi connectivity index (χ0) is 16.8. The highest BCUT2D eigenvalue weighted by atomic mass is 31.2. The second-order valence-electron chi connectivity index (χ2n) is 4.41. The van der Waals surface area contributed by atoms with E-state index in [9.17, 15) is 14.8 Å². The second kappa shape index (κ2) is 8.38. The van der Waals surface area contributed by atoms with Gasteiger partial charge in [0.15, 0.2) is 0 Å². The molecule has 0 unspecified atom stereocenters. The highest BCUT2D eigenvalue weighted by molar-refractivity contribution is 7.56. The monoisotopic (exact) mass is 326 g/mol. The third-order valence-corrected chi connectivity index (χ3v) is 3.75. The standard InChI is InChI=1S/C9H18NO7P.CHNO/c1-4-5(10)2-7(18(14,15)16)17-9(4)8(13)6(12)3-11;2-1-3/h2,4-6,8-9,11-13H,3,10H2,1H3,(H2,14,15,16);2H/t4-,5+,6-,8-,9-;/m1./s1. The number of ether oxygens (including phenoxy) is 1. The van der Waals surface area contributed by atoms with Crippen molar-refractivity contribution in [2.45, 2.75) is 31.3 Å². The average molecular weight is 326 g/mol. The highest BCUT2D eigenvalue weighted by Gasteiger charge is 2.41. The molecular weight excluding hydrogens is 307 g/mol. The molecule has 21 heavy (non-hydrogen) atoms. The first-order valence-electron chi connectivity index (χ1n) is 5.81. The van der Waals surface area contributed by atoms with Crippen molar-refractivity contribution in [1.82, 2.24) is 0 Å². The number of hydrogen-bond donors (Lipinski definition) is 7. The molecule has 0 aromatic carbocycles. The van der Waals surface area contributed by atoms with Crippen LogP contribution in [0.4, 0.5) is 0 Å². The summed E-state index contributed by atoms with van der Waals surface area (Å²) in [5, 5.41) is 33.2. The minimum absolute atomic E-state index is 0.475. The Morgan fingerprint density at radius 1 is 1.52 bits per heavy atom. The lowest BCUT2D eigenvalue weighted by molar-refractivity contribution is -0.106. The Morgan fingerprint density at radius 2 is 2.00 bits per heavy atom. The van der Waals surface area contributed by atoms with E-state index in [1.54, 1.807) is 6.92 Å². The normalized spacial score (nSPS) is 28.1. The summed E-state index contributed by atoms with van der Waals surface area (Å²) in [7, 11) is -4.62. The molecule has 1 heterocycles. The van der Waals surface area contributed by atoms with E-state index in [0.29, 0.717) is 0 Å². The number of aliphatic hydroxyl groups excluding tert-OH is 3. The van der Waals surface area contributed by atoms with Gasteiger partial charge in [0, 0.05) is 12.0 Å². The maximum Gasteiger partial charge on any atom is 0.390 e. The molecule has 10 nitrogen and oxygen atoms in total. The molecule has 0 bridgehead atoms. The Hall–Kier alpha value is -1.09. The van der Waals surface area contributed by atoms with Gasteiger partial charge in [-0.3, -0.25) is 4.57 Å². The molecule has 1 aliphatic heterocycles. The summed E-state index contributed by atoms with van der Waals surface area (Å²) in [6.45, 7) is 0.910. The van der Waals surface area contributed by atoms with Crippen LogP contribution in [-0.2, 0) is 14.1 Å². The fourth-order valence-corrected chi connectivity index (χ4v) is 2.32. The number of hydrogen-bond acceptors (Lipinski definition) is 8. The third kappa shape index (κ3) is 5.66. The SMILES string of the molecule is C[C@H]1[C@H]([C@H](O)[C@H](O)CO)OC(P(=O)(O)O)=C[C@@H]1N.N=C=O. The number of nitrogens with one attached hydrogen (secondary N) is 1. The summed E-state index contributed by atoms with van der Waals surface area (Å²) >= 11 is 0. The van der Waals surface area contributed by atoms with E-state index in [-0.39, 0.29) is 0 Å². The van der Waals surface area contributed by atoms with Crippen molar-refractivity contribution < 1.29 is 39.2 Å². The van der Waals surface area contributed by atoms with Crippen LogP contribution in [0.25, 0.3) is 0 Å². The third-order valence-electron chi connectivity index (χ3n) is 2.92. The van der Waals surface area contributed by atoms with Gasteiger partial charge < -0.3 is 35.6 Å². The van der Waals surface area contributed by atoms with Crippen LogP contribution in [-0.4, -0.2) is 62.1 Å². The van der Waals surface area contributed by atoms with Crippen molar-refractivity contribution in [2.24, 2.45) is 11.7 Å². The molecule has 0 aromatic rings. The van der Waals surface area contributed by atoms with Gasteiger partial charge in [-0.2, -0.15) is 0 Å². The lowest BCUT2D eigenvalue weighted by Gasteiger charge is -2.37. The number of carbonyl (C=O) groups excluding carboxylic acids is 1. The van der Waals surface area contributed by atoms with Crippen molar-refractivity contribution in [3.05, 3.63) is 11.6 Å². The predicted molar refractivity (Wildman–Crippen MR) is 69.7 cm³/mol. The number of isocyanates is 1. The van der Waals surface area contributed by atoms with E-state index in [1.807, 2.05) is 0 Å². The minimum atomic E-state index is -4.62. The summed E-state index contributed by atoms with van der Waals surface area (Å²) in [4.78, 5) is 26.4. The van der Waals surface area contributed by atoms with Gasteiger partial charge in [-0.1, -0.05) is 6.92 Å². The largest absolute Gasteiger partial charge is 0.479 e. The lowest BCUT2D eigenvalue weighted by Crippen LogP contribution is -2.50. The summed E-state index contributed by atoms with van der Waals surface area (Å²) in [5.74, 6) is -0.475. The Balaban J connectivity index is 0.00000122. The summed E-state index contributed by atoms with van der Waals surface area (Å²) in [6, 6.07) is -0.730. The van der Waals surface area contributed by atoms with Crippen molar-refractivity contribution in [3.63, 3.8) is 0 Å². The van der Waals surface area contributed by atoms with Gasteiger partial charge in [-0.25, -0.2) is 10.2 Å². The molecule has 11 heteroatoms. The zero-order valence-corrected chi connectivity index (χ0v) is 12.1. The van der Waals surface area contributed by atoms with Gasteiger partial charge in [0.1, 0.15) is 18.3 Å². The molecule has 5 atom stereocenters. The molecule has 0 radical (unpaired) electrons. The molecule has 8 N–H and O–H groups in total. The van der Waals surface area contributed by atoms with Crippen LogP contribution in [0.3, 0.4) is 0 Å². The molecule has 1 aliphatic rings. The molecule has 0 saturated carbocycles. The van der Waals surface area contributed by atoms with E-state index in [4.69, 9.17) is 35.6 Å². The second-order valence-corrected chi connectivity index (χ2v) is 5.94. The fraction of sp³-hybridized carbons (Fsp3) is 0.700. The molecule has 0 saturated heterocycles. The first kappa shape index (κ1) is 19.9.